The highest BCUT2D eigenvalue weighted by molar-refractivity contribution is 5.94. The Bertz CT molecular complexity index is 658. The van der Waals surface area contributed by atoms with Gasteiger partial charge in [-0.2, -0.15) is 0 Å². The van der Waals surface area contributed by atoms with E-state index >= 15 is 0 Å². The molecule has 1 saturated heterocycles. The average molecular weight is 313 g/mol. The van der Waals surface area contributed by atoms with Crippen molar-refractivity contribution in [1.29, 1.82) is 0 Å². The summed E-state index contributed by atoms with van der Waals surface area (Å²) >= 11 is 0. The predicted molar refractivity (Wildman–Crippen MR) is 89.3 cm³/mol. The molecule has 2 aromatic heterocycles. The molecule has 0 radical (unpaired) electrons. The van der Waals surface area contributed by atoms with Crippen LogP contribution in [0.4, 0.5) is 5.82 Å². The SMILES string of the molecule is CCN(Cc1nccn1C)C(=O)c1ccc(N2CCCC2)nc1. The molecule has 3 rings (SSSR count). The Balaban J connectivity index is 1.71. The largest absolute Gasteiger partial charge is 0.357 e. The van der Waals surface area contributed by atoms with E-state index in [4.69, 9.17) is 0 Å². The summed E-state index contributed by atoms with van der Waals surface area (Å²) in [7, 11) is 1.94. The van der Waals surface area contributed by atoms with Crippen LogP contribution in [-0.4, -0.2) is 45.0 Å². The van der Waals surface area contributed by atoms with Crippen molar-refractivity contribution in [2.45, 2.75) is 26.3 Å². The molecular weight excluding hydrogens is 290 g/mol. The zero-order valence-electron chi connectivity index (χ0n) is 13.8. The molecular formula is C17H23N5O. The van der Waals surface area contributed by atoms with Gasteiger partial charge in [0.25, 0.3) is 5.91 Å². The lowest BCUT2D eigenvalue weighted by molar-refractivity contribution is 0.0747. The van der Waals surface area contributed by atoms with Crippen molar-refractivity contribution >= 4 is 11.7 Å². The zero-order valence-corrected chi connectivity index (χ0v) is 13.8. The van der Waals surface area contributed by atoms with Crippen molar-refractivity contribution in [1.82, 2.24) is 19.4 Å². The van der Waals surface area contributed by atoms with Gasteiger partial charge in [-0.1, -0.05) is 0 Å². The molecule has 0 aliphatic carbocycles. The van der Waals surface area contributed by atoms with Crippen molar-refractivity contribution in [3.63, 3.8) is 0 Å². The van der Waals surface area contributed by atoms with Gasteiger partial charge in [-0.15, -0.1) is 0 Å². The molecule has 122 valence electrons. The van der Waals surface area contributed by atoms with Gasteiger partial charge in [-0.05, 0) is 31.9 Å². The third kappa shape index (κ3) is 3.36. The molecule has 0 N–H and O–H groups in total. The summed E-state index contributed by atoms with van der Waals surface area (Å²) < 4.78 is 1.94. The highest BCUT2D eigenvalue weighted by Crippen LogP contribution is 2.18. The number of amides is 1. The molecule has 0 bridgehead atoms. The van der Waals surface area contributed by atoms with Crippen LogP contribution < -0.4 is 4.90 Å². The van der Waals surface area contributed by atoms with Gasteiger partial charge < -0.3 is 14.4 Å². The topological polar surface area (TPSA) is 54.3 Å². The standard InChI is InChI=1S/C17H23N5O/c1-3-21(13-16-18-8-11-20(16)2)17(23)14-6-7-15(19-12-14)22-9-4-5-10-22/h6-8,11-12H,3-5,9-10,13H2,1-2H3. The molecule has 0 unspecified atom stereocenters. The van der Waals surface area contributed by atoms with Crippen LogP contribution in [-0.2, 0) is 13.6 Å². The zero-order chi connectivity index (χ0) is 16.2. The first-order valence-corrected chi connectivity index (χ1v) is 8.15. The quantitative estimate of drug-likeness (QED) is 0.848. The molecule has 1 amide bonds. The lowest BCUT2D eigenvalue weighted by Crippen LogP contribution is -2.31. The molecule has 6 heteroatoms. The number of hydrogen-bond acceptors (Lipinski definition) is 4. The van der Waals surface area contributed by atoms with Crippen molar-refractivity contribution in [3.05, 3.63) is 42.1 Å². The first-order valence-electron chi connectivity index (χ1n) is 8.15. The van der Waals surface area contributed by atoms with E-state index < -0.39 is 0 Å². The molecule has 6 nitrogen and oxygen atoms in total. The fourth-order valence-corrected chi connectivity index (χ4v) is 2.88. The Hall–Kier alpha value is -2.37. The lowest BCUT2D eigenvalue weighted by atomic mass is 10.2. The van der Waals surface area contributed by atoms with E-state index in [-0.39, 0.29) is 5.91 Å². The highest BCUT2D eigenvalue weighted by Gasteiger charge is 2.18. The van der Waals surface area contributed by atoms with Crippen LogP contribution in [0.5, 0.6) is 0 Å². The molecule has 0 atom stereocenters. The Labute approximate surface area is 136 Å². The monoisotopic (exact) mass is 313 g/mol. The number of carbonyl (C=O) groups is 1. The van der Waals surface area contributed by atoms with Gasteiger partial charge in [-0.25, -0.2) is 9.97 Å². The number of pyridine rings is 1. The second-order valence-electron chi connectivity index (χ2n) is 5.87. The molecule has 0 aromatic carbocycles. The lowest BCUT2D eigenvalue weighted by Gasteiger charge is -2.21. The second-order valence-corrected chi connectivity index (χ2v) is 5.87. The summed E-state index contributed by atoms with van der Waals surface area (Å²) in [5.41, 5.74) is 0.629. The van der Waals surface area contributed by atoms with E-state index in [0.29, 0.717) is 18.7 Å². The Kier molecular flexibility index (Phi) is 4.60. The normalized spacial score (nSPS) is 14.3. The molecule has 0 spiro atoms. The fraction of sp³-hybridized carbons (Fsp3) is 0.471. The van der Waals surface area contributed by atoms with Gasteiger partial charge >= 0.3 is 0 Å². The minimum atomic E-state index is -0.00373. The number of carbonyl (C=O) groups excluding carboxylic acids is 1. The van der Waals surface area contributed by atoms with Crippen LogP contribution in [0.3, 0.4) is 0 Å². The van der Waals surface area contributed by atoms with Crippen molar-refractivity contribution < 1.29 is 4.79 Å². The minimum Gasteiger partial charge on any atom is -0.357 e. The van der Waals surface area contributed by atoms with E-state index in [1.807, 2.05) is 36.9 Å². The Morgan fingerprint density at radius 1 is 1.26 bits per heavy atom. The predicted octanol–water partition coefficient (Wildman–Crippen LogP) is 2.08. The summed E-state index contributed by atoms with van der Waals surface area (Å²) in [5, 5.41) is 0. The Morgan fingerprint density at radius 3 is 2.61 bits per heavy atom. The summed E-state index contributed by atoms with van der Waals surface area (Å²) in [6, 6.07) is 3.83. The van der Waals surface area contributed by atoms with Crippen molar-refractivity contribution in [3.8, 4) is 0 Å². The van der Waals surface area contributed by atoms with Gasteiger partial charge in [0.15, 0.2) is 0 Å². The van der Waals surface area contributed by atoms with Crippen molar-refractivity contribution in [2.75, 3.05) is 24.5 Å². The number of anilines is 1. The molecule has 0 saturated carbocycles. The van der Waals surface area contributed by atoms with E-state index in [0.717, 1.165) is 24.7 Å². The number of rotatable bonds is 5. The van der Waals surface area contributed by atoms with Gasteiger partial charge in [0.05, 0.1) is 12.1 Å². The summed E-state index contributed by atoms with van der Waals surface area (Å²) in [5.74, 6) is 1.84. The maximum absolute atomic E-state index is 12.7. The van der Waals surface area contributed by atoms with Crippen molar-refractivity contribution in [2.24, 2.45) is 7.05 Å². The number of aromatic nitrogens is 3. The van der Waals surface area contributed by atoms with E-state index in [2.05, 4.69) is 14.9 Å². The van der Waals surface area contributed by atoms with Crippen LogP contribution in [0.1, 0.15) is 35.9 Å². The second kappa shape index (κ2) is 6.81. The van der Waals surface area contributed by atoms with Gasteiger partial charge in [0, 0.05) is 45.3 Å². The molecule has 23 heavy (non-hydrogen) atoms. The molecule has 2 aromatic rings. The highest BCUT2D eigenvalue weighted by atomic mass is 16.2. The minimum absolute atomic E-state index is 0.00373. The Morgan fingerprint density at radius 2 is 2.04 bits per heavy atom. The molecule has 1 fully saturated rings. The first kappa shape index (κ1) is 15.5. The van der Waals surface area contributed by atoms with E-state index in [1.165, 1.54) is 12.8 Å². The smallest absolute Gasteiger partial charge is 0.255 e. The van der Waals surface area contributed by atoms with Gasteiger partial charge in [0.2, 0.25) is 0 Å². The van der Waals surface area contributed by atoms with Gasteiger partial charge in [-0.3, -0.25) is 4.79 Å². The number of nitrogens with zero attached hydrogens (tertiary/aromatic N) is 5. The maximum Gasteiger partial charge on any atom is 0.255 e. The molecule has 1 aliphatic heterocycles. The number of hydrogen-bond donors (Lipinski definition) is 0. The van der Waals surface area contributed by atoms with Crippen LogP contribution in [0.25, 0.3) is 0 Å². The van der Waals surface area contributed by atoms with Crippen LogP contribution in [0.15, 0.2) is 30.7 Å². The average Bonchev–Trinajstić information content (AvgIpc) is 3.24. The van der Waals surface area contributed by atoms with E-state index in [9.17, 15) is 4.79 Å². The van der Waals surface area contributed by atoms with Crippen LogP contribution >= 0.6 is 0 Å². The summed E-state index contributed by atoms with van der Waals surface area (Å²) in [4.78, 5) is 25.5. The van der Waals surface area contributed by atoms with Crippen LogP contribution in [0, 0.1) is 0 Å². The number of aryl methyl sites for hydroxylation is 1. The fourth-order valence-electron chi connectivity index (χ4n) is 2.88. The maximum atomic E-state index is 12.7. The van der Waals surface area contributed by atoms with Crippen LogP contribution in [0.2, 0.25) is 0 Å². The number of imidazole rings is 1. The van der Waals surface area contributed by atoms with E-state index in [1.54, 1.807) is 17.3 Å². The third-order valence-electron chi connectivity index (χ3n) is 4.35. The molecule has 3 heterocycles. The van der Waals surface area contributed by atoms with Gasteiger partial charge in [0.1, 0.15) is 11.6 Å². The summed E-state index contributed by atoms with van der Waals surface area (Å²) in [6.07, 6.45) is 7.77. The third-order valence-corrected chi connectivity index (χ3v) is 4.35. The first-order chi connectivity index (χ1) is 11.2. The summed E-state index contributed by atoms with van der Waals surface area (Å²) in [6.45, 7) is 5.24. The molecule has 1 aliphatic rings.